The van der Waals surface area contributed by atoms with Gasteiger partial charge in [-0.05, 0) is 48.1 Å². The molecule has 0 aliphatic carbocycles. The van der Waals surface area contributed by atoms with E-state index in [0.717, 1.165) is 24.1 Å². The Labute approximate surface area is 150 Å². The predicted molar refractivity (Wildman–Crippen MR) is 102 cm³/mol. The zero-order chi connectivity index (χ0) is 17.8. The summed E-state index contributed by atoms with van der Waals surface area (Å²) in [6.45, 7) is 4.31. The number of aliphatic hydroxyl groups excluding tert-OH is 1. The molecule has 0 aromatic heterocycles. The maximum absolute atomic E-state index is 12.5. The van der Waals surface area contributed by atoms with Gasteiger partial charge in [-0.3, -0.25) is 4.79 Å². The Kier molecular flexibility index (Phi) is 5.54. The summed E-state index contributed by atoms with van der Waals surface area (Å²) in [7, 11) is 0. The molecule has 1 amide bonds. The smallest absolute Gasteiger partial charge is 0.230 e. The molecule has 1 aliphatic heterocycles. The van der Waals surface area contributed by atoms with E-state index in [4.69, 9.17) is 0 Å². The Morgan fingerprint density at radius 2 is 1.64 bits per heavy atom. The van der Waals surface area contributed by atoms with E-state index in [0.29, 0.717) is 0 Å². The second kappa shape index (κ2) is 7.83. The monoisotopic (exact) mass is 337 g/mol. The summed E-state index contributed by atoms with van der Waals surface area (Å²) < 4.78 is 0. The summed E-state index contributed by atoms with van der Waals surface area (Å²) in [5.74, 6) is -0.0154. The first-order valence-electron chi connectivity index (χ1n) is 9.32. The molecular weight excluding hydrogens is 310 g/mol. The van der Waals surface area contributed by atoms with Crippen LogP contribution in [0.2, 0.25) is 0 Å². The second-order valence-corrected chi connectivity index (χ2v) is 6.85. The SMILES string of the molecule is CCCCc1ccc(N2C(=O)CC(O)C2c2ccc(CC)cc2)cc1. The molecule has 3 nitrogen and oxygen atoms in total. The number of hydrogen-bond acceptors (Lipinski definition) is 2. The number of aliphatic hydroxyl groups is 1. The van der Waals surface area contributed by atoms with Crippen LogP contribution in [0.1, 0.15) is 55.8 Å². The average Bonchev–Trinajstić information content (AvgIpc) is 2.94. The van der Waals surface area contributed by atoms with Crippen LogP contribution in [-0.2, 0) is 17.6 Å². The van der Waals surface area contributed by atoms with Gasteiger partial charge in [0, 0.05) is 5.69 Å². The van der Waals surface area contributed by atoms with E-state index in [9.17, 15) is 9.90 Å². The summed E-state index contributed by atoms with van der Waals surface area (Å²) in [4.78, 5) is 14.3. The Bertz CT molecular complexity index is 706. The van der Waals surface area contributed by atoms with E-state index in [-0.39, 0.29) is 18.4 Å². The number of rotatable bonds is 6. The van der Waals surface area contributed by atoms with E-state index >= 15 is 0 Å². The first-order valence-corrected chi connectivity index (χ1v) is 9.32. The van der Waals surface area contributed by atoms with Gasteiger partial charge in [-0.1, -0.05) is 56.7 Å². The molecule has 1 aliphatic rings. The normalized spacial score (nSPS) is 20.3. The van der Waals surface area contributed by atoms with Crippen molar-refractivity contribution in [2.45, 2.75) is 58.1 Å². The van der Waals surface area contributed by atoms with E-state index in [1.807, 2.05) is 24.3 Å². The van der Waals surface area contributed by atoms with Crippen molar-refractivity contribution in [3.05, 3.63) is 65.2 Å². The molecular formula is C22H27NO2. The second-order valence-electron chi connectivity index (χ2n) is 6.85. The molecule has 25 heavy (non-hydrogen) atoms. The van der Waals surface area contributed by atoms with E-state index < -0.39 is 6.10 Å². The number of carbonyl (C=O) groups excluding carboxylic acids is 1. The summed E-state index contributed by atoms with van der Waals surface area (Å²) in [5.41, 5.74) is 4.41. The van der Waals surface area contributed by atoms with Crippen LogP contribution in [0.25, 0.3) is 0 Å². The van der Waals surface area contributed by atoms with Crippen molar-refractivity contribution >= 4 is 11.6 Å². The lowest BCUT2D eigenvalue weighted by atomic mass is 9.99. The first-order chi connectivity index (χ1) is 12.1. The molecule has 3 heteroatoms. The molecule has 2 atom stereocenters. The topological polar surface area (TPSA) is 40.5 Å². The highest BCUT2D eigenvalue weighted by molar-refractivity contribution is 5.97. The maximum atomic E-state index is 12.5. The predicted octanol–water partition coefficient (Wildman–Crippen LogP) is 4.43. The molecule has 1 heterocycles. The Hall–Kier alpha value is -2.13. The molecule has 1 saturated heterocycles. The molecule has 132 valence electrons. The maximum Gasteiger partial charge on any atom is 0.230 e. The van der Waals surface area contributed by atoms with Crippen LogP contribution in [0.15, 0.2) is 48.5 Å². The highest BCUT2D eigenvalue weighted by Crippen LogP contribution is 2.37. The summed E-state index contributed by atoms with van der Waals surface area (Å²) in [6.07, 6.45) is 3.91. The van der Waals surface area contributed by atoms with Crippen molar-refractivity contribution in [3.8, 4) is 0 Å². The highest BCUT2D eigenvalue weighted by atomic mass is 16.3. The minimum Gasteiger partial charge on any atom is -0.390 e. The van der Waals surface area contributed by atoms with Crippen LogP contribution < -0.4 is 4.90 Å². The van der Waals surface area contributed by atoms with Crippen LogP contribution in [0, 0.1) is 0 Å². The number of carbonyl (C=O) groups is 1. The third-order valence-corrected chi connectivity index (χ3v) is 5.06. The Morgan fingerprint density at radius 1 is 1.00 bits per heavy atom. The molecule has 0 spiro atoms. The minimum atomic E-state index is -0.667. The number of nitrogens with zero attached hydrogens (tertiary/aromatic N) is 1. The molecule has 2 aromatic carbocycles. The van der Waals surface area contributed by atoms with Crippen LogP contribution in [-0.4, -0.2) is 17.1 Å². The van der Waals surface area contributed by atoms with E-state index in [2.05, 4.69) is 38.1 Å². The lowest BCUT2D eigenvalue weighted by Crippen LogP contribution is -2.29. The van der Waals surface area contributed by atoms with Crippen molar-refractivity contribution in [2.75, 3.05) is 4.90 Å². The lowest BCUT2D eigenvalue weighted by Gasteiger charge is -2.27. The van der Waals surface area contributed by atoms with Crippen molar-refractivity contribution in [2.24, 2.45) is 0 Å². The standard InChI is InChI=1S/C22H27NO2/c1-3-5-6-17-9-13-19(14-10-17)23-21(25)15-20(24)22(23)18-11-7-16(4-2)8-12-18/h7-14,20,22,24H,3-6,15H2,1-2H3. The Morgan fingerprint density at radius 3 is 2.24 bits per heavy atom. The molecule has 0 radical (unpaired) electrons. The minimum absolute atomic E-state index is 0.0154. The number of hydrogen-bond donors (Lipinski definition) is 1. The summed E-state index contributed by atoms with van der Waals surface area (Å²) in [6, 6.07) is 16.1. The van der Waals surface area contributed by atoms with Gasteiger partial charge < -0.3 is 10.0 Å². The van der Waals surface area contributed by atoms with Crippen LogP contribution >= 0.6 is 0 Å². The van der Waals surface area contributed by atoms with E-state index in [1.165, 1.54) is 24.0 Å². The highest BCUT2D eigenvalue weighted by Gasteiger charge is 2.40. The van der Waals surface area contributed by atoms with Crippen LogP contribution in [0.3, 0.4) is 0 Å². The third-order valence-electron chi connectivity index (χ3n) is 5.06. The Balaban J connectivity index is 1.87. The van der Waals surface area contributed by atoms with Gasteiger partial charge in [-0.2, -0.15) is 0 Å². The molecule has 1 fully saturated rings. The van der Waals surface area contributed by atoms with Gasteiger partial charge >= 0.3 is 0 Å². The largest absolute Gasteiger partial charge is 0.390 e. The van der Waals surface area contributed by atoms with Crippen LogP contribution in [0.5, 0.6) is 0 Å². The van der Waals surface area contributed by atoms with Crippen molar-refractivity contribution in [3.63, 3.8) is 0 Å². The van der Waals surface area contributed by atoms with Gasteiger partial charge in [0.1, 0.15) is 0 Å². The average molecular weight is 337 g/mol. The van der Waals surface area contributed by atoms with Crippen molar-refractivity contribution < 1.29 is 9.90 Å². The van der Waals surface area contributed by atoms with Crippen molar-refractivity contribution in [1.29, 1.82) is 0 Å². The van der Waals surface area contributed by atoms with E-state index in [1.54, 1.807) is 4.90 Å². The van der Waals surface area contributed by atoms with Gasteiger partial charge in [-0.25, -0.2) is 0 Å². The third kappa shape index (κ3) is 3.77. The molecule has 3 rings (SSSR count). The van der Waals surface area contributed by atoms with Crippen molar-refractivity contribution in [1.82, 2.24) is 0 Å². The fourth-order valence-electron chi connectivity index (χ4n) is 3.55. The number of amides is 1. The number of unbranched alkanes of at least 4 members (excludes halogenated alkanes) is 1. The number of anilines is 1. The lowest BCUT2D eigenvalue weighted by molar-refractivity contribution is -0.117. The van der Waals surface area contributed by atoms with Gasteiger partial charge in [0.15, 0.2) is 0 Å². The van der Waals surface area contributed by atoms with Crippen LogP contribution in [0.4, 0.5) is 5.69 Å². The summed E-state index contributed by atoms with van der Waals surface area (Å²) in [5, 5.41) is 10.5. The van der Waals surface area contributed by atoms with Gasteiger partial charge in [-0.15, -0.1) is 0 Å². The first kappa shape index (κ1) is 17.7. The number of benzene rings is 2. The van der Waals surface area contributed by atoms with Gasteiger partial charge in [0.2, 0.25) is 5.91 Å². The van der Waals surface area contributed by atoms with Gasteiger partial charge in [0.25, 0.3) is 0 Å². The summed E-state index contributed by atoms with van der Waals surface area (Å²) >= 11 is 0. The zero-order valence-corrected chi connectivity index (χ0v) is 15.1. The molecule has 0 saturated carbocycles. The molecule has 2 aromatic rings. The molecule has 0 bridgehead atoms. The quantitative estimate of drug-likeness (QED) is 0.847. The fraction of sp³-hybridized carbons (Fsp3) is 0.409. The number of aryl methyl sites for hydroxylation is 2. The fourth-order valence-corrected chi connectivity index (χ4v) is 3.55. The molecule has 2 unspecified atom stereocenters. The molecule has 1 N–H and O–H groups in total. The van der Waals surface area contributed by atoms with Gasteiger partial charge in [0.05, 0.1) is 18.6 Å². The zero-order valence-electron chi connectivity index (χ0n) is 15.1.